The van der Waals surface area contributed by atoms with Crippen molar-refractivity contribution in [2.75, 3.05) is 6.61 Å². The summed E-state index contributed by atoms with van der Waals surface area (Å²) in [4.78, 5) is 16.4. The first-order valence-electron chi connectivity index (χ1n) is 8.48. The molecule has 2 N–H and O–H groups in total. The number of phenolic OH excluding ortho intramolecular Hbond substituents is 1. The fourth-order valence-corrected chi connectivity index (χ4v) is 2.87. The zero-order valence-electron chi connectivity index (χ0n) is 14.5. The Morgan fingerprint density at radius 2 is 2.00 bits per heavy atom. The number of aromatic nitrogens is 1. The van der Waals surface area contributed by atoms with Gasteiger partial charge in [0.25, 0.3) is 0 Å². The van der Waals surface area contributed by atoms with Crippen LogP contribution < -0.4 is 10.1 Å². The summed E-state index contributed by atoms with van der Waals surface area (Å²) in [6.45, 7) is 0.384. The van der Waals surface area contributed by atoms with Gasteiger partial charge in [0, 0.05) is 5.92 Å². The molecule has 27 heavy (non-hydrogen) atoms. The molecule has 0 aliphatic heterocycles. The second-order valence-corrected chi connectivity index (χ2v) is 6.59. The second-order valence-electron chi connectivity index (χ2n) is 6.59. The second kappa shape index (κ2) is 7.46. The number of aromatic hydroxyl groups is 1. The third-order valence-corrected chi connectivity index (χ3v) is 4.41. The number of nitrogens with one attached hydrogen (secondary N) is 1. The monoisotopic (exact) mass is 380 g/mol. The van der Waals surface area contributed by atoms with Gasteiger partial charge in [-0.15, -0.1) is 0 Å². The number of benzene rings is 1. The van der Waals surface area contributed by atoms with Crippen LogP contribution in [0.1, 0.15) is 36.6 Å². The number of carbonyl (C=O) groups is 1. The average molecular weight is 380 g/mol. The van der Waals surface area contributed by atoms with Gasteiger partial charge in [0.2, 0.25) is 5.91 Å². The minimum Gasteiger partial charge on any atom is -0.508 e. The molecule has 1 saturated carbocycles. The van der Waals surface area contributed by atoms with Crippen LogP contribution in [0.5, 0.6) is 11.5 Å². The summed E-state index contributed by atoms with van der Waals surface area (Å²) in [7, 11) is 0. The Bertz CT molecular complexity index is 791. The van der Waals surface area contributed by atoms with E-state index in [1.807, 2.05) is 0 Å². The normalized spacial score (nSPS) is 20.0. The Kier molecular flexibility index (Phi) is 5.25. The van der Waals surface area contributed by atoms with Gasteiger partial charge in [0.05, 0.1) is 17.9 Å². The van der Waals surface area contributed by atoms with Gasteiger partial charge < -0.3 is 15.2 Å². The van der Waals surface area contributed by atoms with Crippen LogP contribution >= 0.6 is 0 Å². The van der Waals surface area contributed by atoms with E-state index in [9.17, 15) is 23.1 Å². The van der Waals surface area contributed by atoms with Gasteiger partial charge in [-0.1, -0.05) is 12.1 Å². The Hall–Kier alpha value is -2.77. The van der Waals surface area contributed by atoms with Crippen molar-refractivity contribution in [1.82, 2.24) is 10.3 Å². The van der Waals surface area contributed by atoms with Gasteiger partial charge in [-0.25, -0.2) is 0 Å². The van der Waals surface area contributed by atoms with E-state index in [1.54, 1.807) is 31.2 Å². The SMILES string of the molecule is C[C@@H](NC(=O)C1CC1c1ccc(O)cc1)c1ccc(OCC(F)(F)F)cn1. The molecule has 1 aromatic carbocycles. The number of ether oxygens (including phenoxy) is 1. The first-order valence-corrected chi connectivity index (χ1v) is 8.48. The average Bonchev–Trinajstić information content (AvgIpc) is 3.41. The fourth-order valence-electron chi connectivity index (χ4n) is 2.87. The lowest BCUT2D eigenvalue weighted by Crippen LogP contribution is -2.29. The third-order valence-electron chi connectivity index (χ3n) is 4.41. The largest absolute Gasteiger partial charge is 0.508 e. The predicted octanol–water partition coefficient (Wildman–Crippen LogP) is 3.71. The minimum atomic E-state index is -4.40. The van der Waals surface area contributed by atoms with E-state index >= 15 is 0 Å². The molecule has 1 aliphatic carbocycles. The van der Waals surface area contributed by atoms with E-state index in [0.717, 1.165) is 12.0 Å². The van der Waals surface area contributed by atoms with Crippen molar-refractivity contribution in [2.45, 2.75) is 31.5 Å². The van der Waals surface area contributed by atoms with Crippen molar-refractivity contribution >= 4 is 5.91 Å². The lowest BCUT2D eigenvalue weighted by atomic mass is 10.1. The van der Waals surface area contributed by atoms with E-state index in [2.05, 4.69) is 15.0 Å². The van der Waals surface area contributed by atoms with Gasteiger partial charge in [-0.2, -0.15) is 13.2 Å². The van der Waals surface area contributed by atoms with Gasteiger partial charge >= 0.3 is 6.18 Å². The molecule has 0 spiro atoms. The molecule has 144 valence electrons. The van der Waals surface area contributed by atoms with Gasteiger partial charge in [-0.05, 0) is 49.1 Å². The van der Waals surface area contributed by atoms with Crippen molar-refractivity contribution in [3.05, 3.63) is 53.9 Å². The summed E-state index contributed by atoms with van der Waals surface area (Å²) in [5.74, 6) is 0.0991. The Morgan fingerprint density at radius 3 is 2.59 bits per heavy atom. The first-order chi connectivity index (χ1) is 12.7. The molecule has 2 aromatic rings. The Balaban J connectivity index is 1.52. The maximum absolute atomic E-state index is 12.4. The van der Waals surface area contributed by atoms with Crippen molar-refractivity contribution in [3.8, 4) is 11.5 Å². The van der Waals surface area contributed by atoms with Crippen LogP contribution in [0.25, 0.3) is 0 Å². The molecule has 3 atom stereocenters. The van der Waals surface area contributed by atoms with Crippen LogP contribution in [0, 0.1) is 5.92 Å². The number of halogens is 3. The number of hydrogen-bond acceptors (Lipinski definition) is 4. The molecule has 3 rings (SSSR count). The highest BCUT2D eigenvalue weighted by Gasteiger charge is 2.44. The van der Waals surface area contributed by atoms with Gasteiger partial charge in [-0.3, -0.25) is 9.78 Å². The predicted molar refractivity (Wildman–Crippen MR) is 91.3 cm³/mol. The quantitative estimate of drug-likeness (QED) is 0.802. The highest BCUT2D eigenvalue weighted by molar-refractivity contribution is 5.83. The summed E-state index contributed by atoms with van der Waals surface area (Å²) >= 11 is 0. The molecular formula is C19H19F3N2O3. The van der Waals surface area contributed by atoms with Crippen molar-refractivity contribution < 1.29 is 27.8 Å². The van der Waals surface area contributed by atoms with Crippen LogP contribution in [0.15, 0.2) is 42.6 Å². The zero-order chi connectivity index (χ0) is 19.6. The number of hydrogen-bond donors (Lipinski definition) is 2. The maximum Gasteiger partial charge on any atom is 0.422 e. The lowest BCUT2D eigenvalue weighted by Gasteiger charge is -2.14. The summed E-state index contributed by atoms with van der Waals surface area (Å²) in [6.07, 6.45) is -2.46. The first kappa shape index (κ1) is 19.0. The molecule has 0 radical (unpaired) electrons. The smallest absolute Gasteiger partial charge is 0.422 e. The number of phenols is 1. The van der Waals surface area contributed by atoms with E-state index in [-0.39, 0.29) is 35.3 Å². The molecule has 1 heterocycles. The molecular weight excluding hydrogens is 361 g/mol. The minimum absolute atomic E-state index is 0.0178. The molecule has 1 aliphatic rings. The number of alkyl halides is 3. The molecule has 0 bridgehead atoms. The number of rotatable bonds is 6. The standard InChI is InChI=1S/C19H19F3N2O3/c1-11(17-7-6-14(9-23-17)27-10-19(20,21)22)24-18(26)16-8-15(16)12-2-4-13(25)5-3-12/h2-7,9,11,15-16,25H,8,10H2,1H3,(H,24,26)/t11-,15?,16?/m1/s1. The molecule has 1 amide bonds. The Morgan fingerprint density at radius 1 is 1.30 bits per heavy atom. The highest BCUT2D eigenvalue weighted by Crippen LogP contribution is 2.48. The fraction of sp³-hybridized carbons (Fsp3) is 0.368. The maximum atomic E-state index is 12.4. The molecule has 0 saturated heterocycles. The van der Waals surface area contributed by atoms with E-state index in [1.165, 1.54) is 18.3 Å². The topological polar surface area (TPSA) is 71.5 Å². The van der Waals surface area contributed by atoms with Crippen molar-refractivity contribution in [1.29, 1.82) is 0 Å². The molecule has 2 unspecified atom stereocenters. The van der Waals surface area contributed by atoms with Gasteiger partial charge in [0.1, 0.15) is 11.5 Å². The van der Waals surface area contributed by atoms with Crippen LogP contribution in [-0.2, 0) is 4.79 Å². The Labute approximate surface area is 154 Å². The van der Waals surface area contributed by atoms with Gasteiger partial charge in [0.15, 0.2) is 6.61 Å². The van der Waals surface area contributed by atoms with Crippen molar-refractivity contribution in [2.24, 2.45) is 5.92 Å². The van der Waals surface area contributed by atoms with E-state index in [0.29, 0.717) is 5.69 Å². The van der Waals surface area contributed by atoms with E-state index in [4.69, 9.17) is 0 Å². The molecule has 8 heteroatoms. The molecule has 5 nitrogen and oxygen atoms in total. The van der Waals surface area contributed by atoms with Crippen LogP contribution in [0.2, 0.25) is 0 Å². The van der Waals surface area contributed by atoms with E-state index < -0.39 is 12.8 Å². The van der Waals surface area contributed by atoms with Crippen LogP contribution in [-0.4, -0.2) is 28.8 Å². The molecule has 1 aromatic heterocycles. The lowest BCUT2D eigenvalue weighted by molar-refractivity contribution is -0.153. The summed E-state index contributed by atoms with van der Waals surface area (Å²) in [5, 5.41) is 12.2. The number of nitrogens with zero attached hydrogens (tertiary/aromatic N) is 1. The summed E-state index contributed by atoms with van der Waals surface area (Å²) < 4.78 is 41.0. The van der Waals surface area contributed by atoms with Crippen LogP contribution in [0.4, 0.5) is 13.2 Å². The third kappa shape index (κ3) is 5.12. The summed E-state index contributed by atoms with van der Waals surface area (Å²) in [5.41, 5.74) is 1.54. The number of amides is 1. The molecule has 1 fully saturated rings. The number of pyridine rings is 1. The van der Waals surface area contributed by atoms with Crippen LogP contribution in [0.3, 0.4) is 0 Å². The highest BCUT2D eigenvalue weighted by atomic mass is 19.4. The summed E-state index contributed by atoms with van der Waals surface area (Å²) in [6, 6.07) is 9.34. The zero-order valence-corrected chi connectivity index (χ0v) is 14.5. The van der Waals surface area contributed by atoms with Crippen molar-refractivity contribution in [3.63, 3.8) is 0 Å². The number of carbonyl (C=O) groups excluding carboxylic acids is 1.